The van der Waals surface area contributed by atoms with Crippen LogP contribution in [0.4, 0.5) is 0 Å². The van der Waals surface area contributed by atoms with E-state index in [1.807, 2.05) is 0 Å². The van der Waals surface area contributed by atoms with Crippen molar-refractivity contribution in [2.45, 2.75) is 57.1 Å². The highest BCUT2D eigenvalue weighted by Gasteiger charge is 2.24. The summed E-state index contributed by atoms with van der Waals surface area (Å²) in [4.78, 5) is 11.5. The van der Waals surface area contributed by atoms with Crippen LogP contribution in [0.3, 0.4) is 0 Å². The molecule has 0 spiro atoms. The summed E-state index contributed by atoms with van der Waals surface area (Å²) in [6.45, 7) is 1.35. The maximum Gasteiger partial charge on any atom is 0.307 e. The van der Waals surface area contributed by atoms with E-state index in [9.17, 15) is 4.79 Å². The second-order valence-electron chi connectivity index (χ2n) is 6.05. The van der Waals surface area contributed by atoms with Gasteiger partial charge in [-0.05, 0) is 29.9 Å². The van der Waals surface area contributed by atoms with Crippen molar-refractivity contribution in [3.63, 3.8) is 0 Å². The molecule has 3 heteroatoms. The Hall–Kier alpha value is -1.35. The van der Waals surface area contributed by atoms with E-state index in [-0.39, 0.29) is 5.97 Å². The van der Waals surface area contributed by atoms with Gasteiger partial charge in [0.15, 0.2) is 0 Å². The lowest BCUT2D eigenvalue weighted by molar-refractivity contribution is -0.144. The van der Waals surface area contributed by atoms with Crippen LogP contribution in [0.2, 0.25) is 0 Å². The molecule has 1 heterocycles. The van der Waals surface area contributed by atoms with Gasteiger partial charge >= 0.3 is 5.97 Å². The monoisotopic (exact) mass is 273 g/mol. The molecule has 0 amide bonds. The molecule has 3 nitrogen and oxygen atoms in total. The Bertz CT molecular complexity index is 445. The van der Waals surface area contributed by atoms with Gasteiger partial charge < -0.3 is 10.1 Å². The van der Waals surface area contributed by atoms with Crippen molar-refractivity contribution in [1.82, 2.24) is 5.32 Å². The summed E-state index contributed by atoms with van der Waals surface area (Å²) in [5.41, 5.74) is 2.53. The Balaban J connectivity index is 1.48. The Kier molecular flexibility index (Phi) is 4.36. The molecule has 1 saturated heterocycles. The van der Waals surface area contributed by atoms with Crippen molar-refractivity contribution >= 4 is 5.97 Å². The first-order valence-corrected chi connectivity index (χ1v) is 7.79. The molecule has 1 aliphatic carbocycles. The van der Waals surface area contributed by atoms with Crippen LogP contribution in [0, 0.1) is 0 Å². The molecule has 1 aliphatic heterocycles. The standard InChI is InChI=1S/C17H23NO2/c19-17(10-16-11-18-16)20-12-13-6-8-15(9-7-13)14-4-2-1-3-5-14/h6-9,14,16,18H,1-5,10-12H2. The van der Waals surface area contributed by atoms with E-state index in [1.165, 1.54) is 37.7 Å². The lowest BCUT2D eigenvalue weighted by Crippen LogP contribution is -2.09. The summed E-state index contributed by atoms with van der Waals surface area (Å²) >= 11 is 0. The van der Waals surface area contributed by atoms with E-state index < -0.39 is 0 Å². The second kappa shape index (κ2) is 6.40. The average Bonchev–Trinajstić information content (AvgIpc) is 3.31. The Morgan fingerprint density at radius 3 is 2.50 bits per heavy atom. The molecule has 1 saturated carbocycles. The van der Waals surface area contributed by atoms with Crippen LogP contribution < -0.4 is 5.32 Å². The summed E-state index contributed by atoms with van der Waals surface area (Å²) < 4.78 is 5.29. The summed E-state index contributed by atoms with van der Waals surface area (Å²) in [5.74, 6) is 0.637. The molecule has 1 aromatic rings. The third kappa shape index (κ3) is 3.83. The van der Waals surface area contributed by atoms with Crippen molar-refractivity contribution in [2.75, 3.05) is 6.54 Å². The van der Waals surface area contributed by atoms with Crippen LogP contribution in [0.25, 0.3) is 0 Å². The van der Waals surface area contributed by atoms with Gasteiger partial charge in [-0.15, -0.1) is 0 Å². The molecule has 1 atom stereocenters. The predicted molar refractivity (Wildman–Crippen MR) is 78.5 cm³/mol. The van der Waals surface area contributed by atoms with Gasteiger partial charge in [-0.1, -0.05) is 43.5 Å². The third-order valence-corrected chi connectivity index (χ3v) is 4.36. The number of nitrogens with one attached hydrogen (secondary N) is 1. The highest BCUT2D eigenvalue weighted by molar-refractivity contribution is 5.70. The SMILES string of the molecule is O=C(CC1CN1)OCc1ccc(C2CCCCC2)cc1. The summed E-state index contributed by atoms with van der Waals surface area (Å²) in [6, 6.07) is 8.98. The number of carbonyl (C=O) groups excluding carboxylic acids is 1. The molecule has 0 radical (unpaired) electrons. The first-order valence-electron chi connectivity index (χ1n) is 7.79. The maximum absolute atomic E-state index is 11.5. The van der Waals surface area contributed by atoms with Crippen LogP contribution >= 0.6 is 0 Å². The lowest BCUT2D eigenvalue weighted by atomic mass is 9.84. The van der Waals surface area contributed by atoms with Gasteiger partial charge in [0.25, 0.3) is 0 Å². The van der Waals surface area contributed by atoms with Crippen LogP contribution in [0.1, 0.15) is 55.6 Å². The number of esters is 1. The van der Waals surface area contributed by atoms with Gasteiger partial charge in [0.05, 0.1) is 6.42 Å². The molecule has 3 rings (SSSR count). The number of ether oxygens (including phenoxy) is 1. The fraction of sp³-hybridized carbons (Fsp3) is 0.588. The molecule has 0 aromatic heterocycles. The number of benzene rings is 1. The van der Waals surface area contributed by atoms with Gasteiger partial charge in [-0.25, -0.2) is 0 Å². The maximum atomic E-state index is 11.5. The molecule has 1 N–H and O–H groups in total. The van der Waals surface area contributed by atoms with E-state index in [1.54, 1.807) is 0 Å². The van der Waals surface area contributed by atoms with E-state index >= 15 is 0 Å². The van der Waals surface area contributed by atoms with Crippen molar-refractivity contribution in [2.24, 2.45) is 0 Å². The molecule has 0 bridgehead atoms. The van der Waals surface area contributed by atoms with Crippen LogP contribution in [0.15, 0.2) is 24.3 Å². The normalized spacial score (nSPS) is 22.5. The first kappa shape index (κ1) is 13.6. The van der Waals surface area contributed by atoms with Crippen LogP contribution in [-0.2, 0) is 16.1 Å². The summed E-state index contributed by atoms with van der Waals surface area (Å²) in [6.07, 6.45) is 7.25. The predicted octanol–water partition coefficient (Wildman–Crippen LogP) is 3.14. The quantitative estimate of drug-likeness (QED) is 0.662. The van der Waals surface area contributed by atoms with Gasteiger partial charge in [0.1, 0.15) is 6.61 Å². The Morgan fingerprint density at radius 1 is 1.15 bits per heavy atom. The van der Waals surface area contributed by atoms with Crippen molar-refractivity contribution < 1.29 is 9.53 Å². The van der Waals surface area contributed by atoms with E-state index in [2.05, 4.69) is 29.6 Å². The molecular weight excluding hydrogens is 250 g/mol. The Labute approximate surface area is 120 Å². The zero-order valence-corrected chi connectivity index (χ0v) is 11.9. The summed E-state index contributed by atoms with van der Waals surface area (Å²) in [5, 5.41) is 3.11. The fourth-order valence-corrected chi connectivity index (χ4v) is 2.97. The number of rotatable bonds is 5. The molecule has 2 fully saturated rings. The zero-order valence-electron chi connectivity index (χ0n) is 11.9. The topological polar surface area (TPSA) is 48.2 Å². The second-order valence-corrected chi connectivity index (χ2v) is 6.05. The number of hydrogen-bond donors (Lipinski definition) is 1. The minimum Gasteiger partial charge on any atom is -0.461 e. The zero-order chi connectivity index (χ0) is 13.8. The van der Waals surface area contributed by atoms with Gasteiger partial charge in [-0.2, -0.15) is 0 Å². The van der Waals surface area contributed by atoms with Crippen molar-refractivity contribution in [3.05, 3.63) is 35.4 Å². The molecular formula is C17H23NO2. The first-order chi connectivity index (χ1) is 9.81. The highest BCUT2D eigenvalue weighted by Crippen LogP contribution is 2.32. The highest BCUT2D eigenvalue weighted by atomic mass is 16.5. The minimum atomic E-state index is -0.101. The number of carbonyl (C=O) groups is 1. The van der Waals surface area contributed by atoms with Crippen molar-refractivity contribution in [3.8, 4) is 0 Å². The van der Waals surface area contributed by atoms with Gasteiger partial charge in [0.2, 0.25) is 0 Å². The van der Waals surface area contributed by atoms with Crippen molar-refractivity contribution in [1.29, 1.82) is 0 Å². The summed E-state index contributed by atoms with van der Waals surface area (Å²) in [7, 11) is 0. The lowest BCUT2D eigenvalue weighted by Gasteiger charge is -2.22. The molecule has 1 unspecified atom stereocenters. The van der Waals surface area contributed by atoms with Crippen LogP contribution in [0.5, 0.6) is 0 Å². The molecule has 2 aliphatic rings. The third-order valence-electron chi connectivity index (χ3n) is 4.36. The molecule has 20 heavy (non-hydrogen) atoms. The van der Waals surface area contributed by atoms with Gasteiger partial charge in [0, 0.05) is 12.6 Å². The van der Waals surface area contributed by atoms with E-state index in [0.717, 1.165) is 18.0 Å². The number of hydrogen-bond acceptors (Lipinski definition) is 3. The van der Waals surface area contributed by atoms with Crippen LogP contribution in [-0.4, -0.2) is 18.6 Å². The molecule has 108 valence electrons. The van der Waals surface area contributed by atoms with E-state index in [0.29, 0.717) is 19.1 Å². The Morgan fingerprint density at radius 2 is 1.85 bits per heavy atom. The fourth-order valence-electron chi connectivity index (χ4n) is 2.97. The minimum absolute atomic E-state index is 0.101. The van der Waals surface area contributed by atoms with Gasteiger partial charge in [-0.3, -0.25) is 4.79 Å². The largest absolute Gasteiger partial charge is 0.461 e. The van der Waals surface area contributed by atoms with E-state index in [4.69, 9.17) is 4.74 Å². The molecule has 1 aromatic carbocycles. The average molecular weight is 273 g/mol. The smallest absolute Gasteiger partial charge is 0.307 e.